The number of furan rings is 1. The second-order valence-corrected chi connectivity index (χ2v) is 13.6. The second-order valence-electron chi connectivity index (χ2n) is 13.6. The molecule has 5 aliphatic rings. The quantitative estimate of drug-likeness (QED) is 0.468. The molecule has 1 saturated heterocycles. The number of fused-ring (bicyclic) bond motifs is 5. The number of ether oxygens (including phenoxy) is 2. The van der Waals surface area contributed by atoms with Crippen molar-refractivity contribution in [3.05, 3.63) is 24.2 Å². The lowest BCUT2D eigenvalue weighted by atomic mass is 9.43. The smallest absolute Gasteiger partial charge is 0.101 e. The first kappa shape index (κ1) is 26.3. The SMILES string of the molecule is C[C@]12CCC3C(CC[C@@H]4C[C@@H](OCCOCCN5CCCC5)CC[C@]34C)[C@@]1(O)CC[C@]2(O)c1ccoc1. The average Bonchev–Trinajstić information content (AvgIpc) is 3.65. The normalized spacial score (nSPS) is 45.9. The molecule has 2 unspecified atom stereocenters. The fourth-order valence-electron chi connectivity index (χ4n) is 9.89. The first-order chi connectivity index (χ1) is 17.8. The second kappa shape index (κ2) is 9.92. The highest BCUT2D eigenvalue weighted by Gasteiger charge is 2.72. The van der Waals surface area contributed by atoms with Crippen molar-refractivity contribution in [2.24, 2.45) is 28.6 Å². The van der Waals surface area contributed by atoms with Crippen molar-refractivity contribution in [2.75, 3.05) is 39.5 Å². The van der Waals surface area contributed by atoms with Crippen LogP contribution in [0.3, 0.4) is 0 Å². The zero-order valence-corrected chi connectivity index (χ0v) is 23.1. The zero-order valence-electron chi connectivity index (χ0n) is 23.1. The van der Waals surface area contributed by atoms with E-state index in [2.05, 4.69) is 18.7 Å². The summed E-state index contributed by atoms with van der Waals surface area (Å²) in [5, 5.41) is 24.3. The Hall–Kier alpha value is -0.920. The van der Waals surface area contributed by atoms with Crippen molar-refractivity contribution in [2.45, 2.75) is 102 Å². The van der Waals surface area contributed by atoms with Crippen molar-refractivity contribution in [3.8, 4) is 0 Å². The number of nitrogens with zero attached hydrogens (tertiary/aromatic N) is 1. The molecule has 6 nitrogen and oxygen atoms in total. The van der Waals surface area contributed by atoms with Gasteiger partial charge in [0.25, 0.3) is 0 Å². The molecule has 37 heavy (non-hydrogen) atoms. The van der Waals surface area contributed by atoms with Gasteiger partial charge in [-0.1, -0.05) is 13.8 Å². The molecule has 1 aliphatic heterocycles. The van der Waals surface area contributed by atoms with Crippen molar-refractivity contribution >= 4 is 0 Å². The number of likely N-dealkylation sites (tertiary alicyclic amines) is 1. The molecule has 208 valence electrons. The van der Waals surface area contributed by atoms with Crippen LogP contribution in [-0.4, -0.2) is 66.3 Å². The lowest BCUT2D eigenvalue weighted by Crippen LogP contribution is -2.64. The maximum Gasteiger partial charge on any atom is 0.101 e. The van der Waals surface area contributed by atoms with Crippen LogP contribution in [0.1, 0.15) is 90.0 Å². The standard InChI is InChI=1S/C31H49NO5/c1-28-10-7-25(37-20-19-35-18-16-32-14-3-4-15-32)21-23(28)5-6-27-26(28)8-11-29(2)30(33,12-13-31(27,29)34)24-9-17-36-22-24/h9,17,22-23,25-27,33-34H,3-8,10-16,18-21H2,1-2H3/t23-,25+,26?,27?,28+,29-,30+,31+/m1/s1. The Labute approximate surface area is 223 Å². The minimum absolute atomic E-state index is 0.252. The van der Waals surface area contributed by atoms with Crippen molar-refractivity contribution in [3.63, 3.8) is 0 Å². The Morgan fingerprint density at radius 2 is 1.78 bits per heavy atom. The Morgan fingerprint density at radius 3 is 2.57 bits per heavy atom. The van der Waals surface area contributed by atoms with Gasteiger partial charge in [0.15, 0.2) is 0 Å². The van der Waals surface area contributed by atoms with E-state index in [4.69, 9.17) is 13.9 Å². The van der Waals surface area contributed by atoms with Crippen LogP contribution in [-0.2, 0) is 15.1 Å². The molecule has 0 amide bonds. The van der Waals surface area contributed by atoms with Gasteiger partial charge in [-0.05, 0) is 113 Å². The van der Waals surface area contributed by atoms with E-state index in [-0.39, 0.29) is 11.3 Å². The van der Waals surface area contributed by atoms with E-state index in [0.29, 0.717) is 44.0 Å². The molecular formula is C31H49NO5. The van der Waals surface area contributed by atoms with Gasteiger partial charge in [0.05, 0.1) is 44.1 Å². The minimum atomic E-state index is -1.01. The molecular weight excluding hydrogens is 466 g/mol. The summed E-state index contributed by atoms with van der Waals surface area (Å²) >= 11 is 0. The molecule has 6 rings (SSSR count). The van der Waals surface area contributed by atoms with Gasteiger partial charge >= 0.3 is 0 Å². The van der Waals surface area contributed by atoms with Crippen LogP contribution in [0, 0.1) is 28.6 Å². The molecule has 4 aliphatic carbocycles. The van der Waals surface area contributed by atoms with Crippen LogP contribution < -0.4 is 0 Å². The number of hydrogen-bond donors (Lipinski definition) is 2. The number of aliphatic hydroxyl groups is 2. The van der Waals surface area contributed by atoms with Gasteiger partial charge in [-0.15, -0.1) is 0 Å². The Bertz CT molecular complexity index is 917. The summed E-state index contributed by atoms with van der Waals surface area (Å²) in [6.07, 6.45) is 15.2. The molecule has 2 heterocycles. The van der Waals surface area contributed by atoms with E-state index < -0.39 is 16.6 Å². The van der Waals surface area contributed by atoms with Crippen LogP contribution in [0.15, 0.2) is 23.0 Å². The molecule has 1 aromatic rings. The predicted molar refractivity (Wildman–Crippen MR) is 142 cm³/mol. The average molecular weight is 516 g/mol. The van der Waals surface area contributed by atoms with Gasteiger partial charge in [0, 0.05) is 17.5 Å². The third kappa shape index (κ3) is 4.16. The summed E-state index contributed by atoms with van der Waals surface area (Å²) in [4.78, 5) is 2.49. The Balaban J connectivity index is 1.05. The molecule has 4 saturated carbocycles. The Morgan fingerprint density at radius 1 is 0.946 bits per heavy atom. The maximum absolute atomic E-state index is 12.4. The van der Waals surface area contributed by atoms with Crippen LogP contribution >= 0.6 is 0 Å². The topological polar surface area (TPSA) is 75.3 Å². The van der Waals surface area contributed by atoms with E-state index in [9.17, 15) is 10.2 Å². The fourth-order valence-corrected chi connectivity index (χ4v) is 9.89. The highest BCUT2D eigenvalue weighted by Crippen LogP contribution is 2.71. The highest BCUT2D eigenvalue weighted by atomic mass is 16.5. The summed E-state index contributed by atoms with van der Waals surface area (Å²) in [5.74, 6) is 1.44. The van der Waals surface area contributed by atoms with Crippen LogP contribution in [0.5, 0.6) is 0 Å². The van der Waals surface area contributed by atoms with Crippen LogP contribution in [0.25, 0.3) is 0 Å². The third-order valence-corrected chi connectivity index (χ3v) is 12.3. The minimum Gasteiger partial charge on any atom is -0.472 e. The van der Waals surface area contributed by atoms with E-state index in [1.165, 1.54) is 32.4 Å². The van der Waals surface area contributed by atoms with Gasteiger partial charge in [-0.2, -0.15) is 0 Å². The lowest BCUT2D eigenvalue weighted by Gasteiger charge is -2.64. The fraction of sp³-hybridized carbons (Fsp3) is 0.871. The first-order valence-electron chi connectivity index (χ1n) is 15.2. The van der Waals surface area contributed by atoms with Crippen LogP contribution in [0.4, 0.5) is 0 Å². The maximum atomic E-state index is 12.4. The molecule has 1 aromatic heterocycles. The number of rotatable bonds is 8. The largest absolute Gasteiger partial charge is 0.472 e. The van der Waals surface area contributed by atoms with Crippen LogP contribution in [0.2, 0.25) is 0 Å². The molecule has 8 atom stereocenters. The number of hydrogen-bond acceptors (Lipinski definition) is 6. The van der Waals surface area contributed by atoms with E-state index in [1.54, 1.807) is 12.5 Å². The summed E-state index contributed by atoms with van der Waals surface area (Å²) in [6.45, 7) is 10.4. The molecule has 0 radical (unpaired) electrons. The molecule has 2 N–H and O–H groups in total. The highest BCUT2D eigenvalue weighted by molar-refractivity contribution is 5.30. The summed E-state index contributed by atoms with van der Waals surface area (Å²) < 4.78 is 17.6. The molecule has 0 bridgehead atoms. The van der Waals surface area contributed by atoms with E-state index in [0.717, 1.165) is 57.2 Å². The molecule has 6 heteroatoms. The van der Waals surface area contributed by atoms with Gasteiger partial charge in [-0.25, -0.2) is 0 Å². The zero-order chi connectivity index (χ0) is 25.7. The van der Waals surface area contributed by atoms with Gasteiger partial charge in [0.2, 0.25) is 0 Å². The van der Waals surface area contributed by atoms with Gasteiger partial charge in [0.1, 0.15) is 5.60 Å². The monoisotopic (exact) mass is 515 g/mol. The summed E-state index contributed by atoms with van der Waals surface area (Å²) in [5.41, 5.74) is -1.29. The van der Waals surface area contributed by atoms with E-state index in [1.807, 2.05) is 6.07 Å². The van der Waals surface area contributed by atoms with E-state index >= 15 is 0 Å². The lowest BCUT2D eigenvalue weighted by molar-refractivity contribution is -0.239. The van der Waals surface area contributed by atoms with Crippen molar-refractivity contribution in [1.29, 1.82) is 0 Å². The molecule has 0 aromatic carbocycles. The third-order valence-electron chi connectivity index (χ3n) is 12.3. The van der Waals surface area contributed by atoms with Crippen molar-refractivity contribution in [1.82, 2.24) is 4.90 Å². The summed E-state index contributed by atoms with van der Waals surface area (Å²) in [7, 11) is 0. The molecule has 0 spiro atoms. The Kier molecular flexibility index (Phi) is 7.06. The first-order valence-corrected chi connectivity index (χ1v) is 15.2. The van der Waals surface area contributed by atoms with Crippen molar-refractivity contribution < 1.29 is 24.1 Å². The van der Waals surface area contributed by atoms with Gasteiger partial charge in [-0.3, -0.25) is 0 Å². The van der Waals surface area contributed by atoms with Gasteiger partial charge < -0.3 is 29.0 Å². The predicted octanol–water partition coefficient (Wildman–Crippen LogP) is 5.12. The molecule has 5 fully saturated rings. The summed E-state index contributed by atoms with van der Waals surface area (Å²) in [6, 6.07) is 1.89.